The van der Waals surface area contributed by atoms with Gasteiger partial charge in [0.25, 0.3) is 5.78 Å². The molecule has 2 atom stereocenters. The van der Waals surface area contributed by atoms with Crippen molar-refractivity contribution >= 4 is 55.7 Å². The lowest BCUT2D eigenvalue weighted by Crippen LogP contribution is -2.29. The number of aliphatic hydroxyl groups excluding tert-OH is 1. The van der Waals surface area contributed by atoms with Crippen molar-refractivity contribution in [1.82, 2.24) is 9.97 Å². The standard InChI is InChI=1S/C26H18ClN3O4S/c1-13-9-16-10-14(4-7-19(16)34-13)23(31)21-22(15-3-2-8-28-12-15)30(25(33)24(21)32)26-29-18-6-5-17(27)11-20(18)35-26/h2-8,10-13,22,31H,9H2,1H3/b23-21+/t13-,22+/m0/s1. The normalized spacial score (nSPS) is 20.9. The topological polar surface area (TPSA) is 92.6 Å². The molecule has 35 heavy (non-hydrogen) atoms. The first-order valence-corrected chi connectivity index (χ1v) is 12.2. The molecule has 0 aliphatic carbocycles. The minimum atomic E-state index is -0.886. The Morgan fingerprint density at radius 3 is 2.86 bits per heavy atom. The summed E-state index contributed by atoms with van der Waals surface area (Å²) in [7, 11) is 0. The number of nitrogens with zero attached hydrogens (tertiary/aromatic N) is 3. The molecule has 9 heteroatoms. The number of ether oxygens (including phenoxy) is 1. The van der Waals surface area contributed by atoms with E-state index in [9.17, 15) is 14.7 Å². The van der Waals surface area contributed by atoms with E-state index in [2.05, 4.69) is 9.97 Å². The van der Waals surface area contributed by atoms with Gasteiger partial charge in [0, 0.05) is 29.4 Å². The number of hydrogen-bond donors (Lipinski definition) is 1. The van der Waals surface area contributed by atoms with Gasteiger partial charge in [0.2, 0.25) is 0 Å². The molecule has 1 N–H and O–H groups in total. The summed E-state index contributed by atoms with van der Waals surface area (Å²) in [6.45, 7) is 1.97. The van der Waals surface area contributed by atoms with Gasteiger partial charge in [-0.1, -0.05) is 29.0 Å². The largest absolute Gasteiger partial charge is 0.507 e. The van der Waals surface area contributed by atoms with E-state index in [1.807, 2.05) is 13.0 Å². The van der Waals surface area contributed by atoms with E-state index in [0.29, 0.717) is 33.2 Å². The quantitative estimate of drug-likeness (QED) is 0.232. The maximum Gasteiger partial charge on any atom is 0.301 e. The van der Waals surface area contributed by atoms with E-state index in [-0.39, 0.29) is 17.4 Å². The summed E-state index contributed by atoms with van der Waals surface area (Å²) < 4.78 is 6.54. The molecule has 1 saturated heterocycles. The number of Topliss-reactive ketones (excluding diaryl/α,β-unsaturated/α-hetero) is 1. The fraction of sp³-hybridized carbons (Fsp3) is 0.154. The maximum atomic E-state index is 13.3. The van der Waals surface area contributed by atoms with Crippen LogP contribution in [0.3, 0.4) is 0 Å². The minimum absolute atomic E-state index is 0.00722. The Bertz CT molecular complexity index is 1550. The van der Waals surface area contributed by atoms with E-state index in [1.165, 1.54) is 16.2 Å². The van der Waals surface area contributed by atoms with Crippen molar-refractivity contribution in [3.05, 3.63) is 88.2 Å². The number of amides is 1. The van der Waals surface area contributed by atoms with Crippen LogP contribution in [0.4, 0.5) is 5.13 Å². The van der Waals surface area contributed by atoms with E-state index in [0.717, 1.165) is 16.0 Å². The van der Waals surface area contributed by atoms with Crippen molar-refractivity contribution in [1.29, 1.82) is 0 Å². The summed E-state index contributed by atoms with van der Waals surface area (Å²) >= 11 is 7.39. The summed E-state index contributed by atoms with van der Waals surface area (Å²) in [4.78, 5) is 36.8. The molecule has 4 heterocycles. The van der Waals surface area contributed by atoms with Crippen LogP contribution in [0.1, 0.15) is 29.7 Å². The Morgan fingerprint density at radius 1 is 1.20 bits per heavy atom. The average Bonchev–Trinajstić information content (AvgIpc) is 3.51. The Labute approximate surface area is 209 Å². The van der Waals surface area contributed by atoms with Crippen LogP contribution < -0.4 is 9.64 Å². The molecule has 0 bridgehead atoms. The number of anilines is 1. The molecule has 0 spiro atoms. The van der Waals surface area contributed by atoms with Crippen LogP contribution in [0, 0.1) is 0 Å². The van der Waals surface area contributed by atoms with E-state index in [4.69, 9.17) is 16.3 Å². The number of carbonyl (C=O) groups is 2. The van der Waals surface area contributed by atoms with Crippen molar-refractivity contribution in [3.8, 4) is 5.75 Å². The third-order valence-electron chi connectivity index (χ3n) is 6.16. The molecule has 2 aromatic heterocycles. The Balaban J connectivity index is 1.53. The summed E-state index contributed by atoms with van der Waals surface area (Å²) in [6, 6.07) is 13.1. The molecule has 2 aromatic carbocycles. The molecular weight excluding hydrogens is 486 g/mol. The van der Waals surface area contributed by atoms with Crippen LogP contribution in [0.15, 0.2) is 66.5 Å². The second-order valence-corrected chi connectivity index (χ2v) is 9.96. The lowest BCUT2D eigenvalue weighted by molar-refractivity contribution is -0.132. The lowest BCUT2D eigenvalue weighted by Gasteiger charge is -2.22. The first kappa shape index (κ1) is 21.8. The Hall–Kier alpha value is -3.75. The summed E-state index contributed by atoms with van der Waals surface area (Å²) in [5.74, 6) is -1.03. The molecule has 4 aromatic rings. The Morgan fingerprint density at radius 2 is 2.06 bits per heavy atom. The number of pyridine rings is 1. The smallest absolute Gasteiger partial charge is 0.301 e. The first-order valence-electron chi connectivity index (χ1n) is 11.0. The highest BCUT2D eigenvalue weighted by molar-refractivity contribution is 7.22. The van der Waals surface area contributed by atoms with E-state index < -0.39 is 17.7 Å². The van der Waals surface area contributed by atoms with Gasteiger partial charge in [0.1, 0.15) is 17.6 Å². The fourth-order valence-corrected chi connectivity index (χ4v) is 5.87. The average molecular weight is 504 g/mol. The molecule has 6 rings (SSSR count). The number of benzene rings is 2. The number of thiazole rings is 1. The van der Waals surface area contributed by atoms with Gasteiger partial charge in [0.15, 0.2) is 5.13 Å². The summed E-state index contributed by atoms with van der Waals surface area (Å²) in [5.41, 5.74) is 2.63. The van der Waals surface area contributed by atoms with Crippen LogP contribution in [0.2, 0.25) is 5.02 Å². The molecule has 1 fully saturated rings. The number of hydrogen-bond acceptors (Lipinski definition) is 7. The molecule has 2 aliphatic heterocycles. The van der Waals surface area contributed by atoms with Crippen LogP contribution >= 0.6 is 22.9 Å². The van der Waals surface area contributed by atoms with Crippen molar-refractivity contribution in [2.75, 3.05) is 4.90 Å². The number of halogens is 1. The highest BCUT2D eigenvalue weighted by Gasteiger charge is 2.48. The van der Waals surface area contributed by atoms with Crippen molar-refractivity contribution in [2.24, 2.45) is 0 Å². The molecule has 0 saturated carbocycles. The molecule has 1 amide bonds. The second-order valence-electron chi connectivity index (χ2n) is 8.52. The fourth-order valence-electron chi connectivity index (χ4n) is 4.60. The van der Waals surface area contributed by atoms with Gasteiger partial charge >= 0.3 is 5.91 Å². The van der Waals surface area contributed by atoms with Gasteiger partial charge in [-0.2, -0.15) is 0 Å². The Kier molecular flexibility index (Phi) is 5.09. The number of fused-ring (bicyclic) bond motifs is 2. The molecule has 7 nitrogen and oxygen atoms in total. The SMILES string of the molecule is C[C@H]1Cc2cc(/C(O)=C3\C(=O)C(=O)N(c4nc5ccc(Cl)cc5s4)[C@@H]3c3cccnc3)ccc2O1. The number of aliphatic hydroxyl groups is 1. The van der Waals surface area contributed by atoms with Gasteiger partial charge in [-0.25, -0.2) is 4.98 Å². The minimum Gasteiger partial charge on any atom is -0.507 e. The van der Waals surface area contributed by atoms with Gasteiger partial charge in [-0.3, -0.25) is 19.5 Å². The molecule has 2 aliphatic rings. The zero-order valence-corrected chi connectivity index (χ0v) is 20.0. The second kappa shape index (κ2) is 8.18. The van der Waals surface area contributed by atoms with Crippen LogP contribution in [-0.4, -0.2) is 32.9 Å². The van der Waals surface area contributed by atoms with E-state index >= 15 is 0 Å². The predicted octanol–water partition coefficient (Wildman–Crippen LogP) is 5.29. The maximum absolute atomic E-state index is 13.3. The molecule has 0 radical (unpaired) electrons. The van der Waals surface area contributed by atoms with Crippen molar-refractivity contribution < 1.29 is 19.4 Å². The predicted molar refractivity (Wildman–Crippen MR) is 134 cm³/mol. The highest BCUT2D eigenvalue weighted by atomic mass is 35.5. The van der Waals surface area contributed by atoms with Gasteiger partial charge in [0.05, 0.1) is 21.8 Å². The van der Waals surface area contributed by atoms with Gasteiger partial charge < -0.3 is 9.84 Å². The summed E-state index contributed by atoms with van der Waals surface area (Å²) in [6.07, 6.45) is 3.93. The van der Waals surface area contributed by atoms with E-state index in [1.54, 1.807) is 54.9 Å². The van der Waals surface area contributed by atoms with Gasteiger partial charge in [-0.15, -0.1) is 0 Å². The number of rotatable bonds is 3. The zero-order valence-electron chi connectivity index (χ0n) is 18.4. The van der Waals surface area contributed by atoms with Crippen molar-refractivity contribution in [3.63, 3.8) is 0 Å². The number of carbonyl (C=O) groups excluding carboxylic acids is 2. The van der Waals surface area contributed by atoms with Gasteiger partial charge in [-0.05, 0) is 60.5 Å². The van der Waals surface area contributed by atoms with Crippen LogP contribution in [-0.2, 0) is 16.0 Å². The van der Waals surface area contributed by atoms with Crippen molar-refractivity contribution in [2.45, 2.75) is 25.5 Å². The third-order valence-corrected chi connectivity index (χ3v) is 7.41. The molecule has 0 unspecified atom stereocenters. The van der Waals surface area contributed by atoms with Crippen LogP contribution in [0.25, 0.3) is 16.0 Å². The third kappa shape index (κ3) is 3.57. The monoisotopic (exact) mass is 503 g/mol. The number of aromatic nitrogens is 2. The summed E-state index contributed by atoms with van der Waals surface area (Å²) in [5, 5.41) is 12.3. The molecule has 174 valence electrons. The number of ketones is 1. The zero-order chi connectivity index (χ0) is 24.3. The highest BCUT2D eigenvalue weighted by Crippen LogP contribution is 2.44. The van der Waals surface area contributed by atoms with Crippen LogP contribution in [0.5, 0.6) is 5.75 Å². The lowest BCUT2D eigenvalue weighted by atomic mass is 9.95. The molecular formula is C26H18ClN3O4S. The first-order chi connectivity index (χ1) is 16.9.